The lowest BCUT2D eigenvalue weighted by Gasteiger charge is -2.13. The van der Waals surface area contributed by atoms with Gasteiger partial charge in [-0.3, -0.25) is 4.79 Å². The van der Waals surface area contributed by atoms with E-state index in [9.17, 15) is 18.0 Å². The number of carbonyl (C=O) groups is 1. The monoisotopic (exact) mass is 386 g/mol. The van der Waals surface area contributed by atoms with Gasteiger partial charge < -0.3 is 10.6 Å². The molecule has 1 heterocycles. The van der Waals surface area contributed by atoms with Crippen LogP contribution < -0.4 is 10.6 Å². The second kappa shape index (κ2) is 8.08. The Morgan fingerprint density at radius 1 is 1.00 bits per heavy atom. The number of nitrogens with zero attached hydrogens (tertiary/aromatic N) is 2. The third-order valence-electron chi connectivity index (χ3n) is 4.09. The summed E-state index contributed by atoms with van der Waals surface area (Å²) in [6.45, 7) is 2.30. The van der Waals surface area contributed by atoms with Gasteiger partial charge in [0.25, 0.3) is 5.91 Å². The van der Waals surface area contributed by atoms with Crippen LogP contribution in [-0.2, 0) is 12.7 Å². The van der Waals surface area contributed by atoms with Crippen LogP contribution >= 0.6 is 0 Å². The number of anilines is 2. The van der Waals surface area contributed by atoms with Crippen LogP contribution in [0.5, 0.6) is 0 Å². The van der Waals surface area contributed by atoms with Gasteiger partial charge in [0.05, 0.1) is 16.8 Å². The summed E-state index contributed by atoms with van der Waals surface area (Å²) in [4.78, 5) is 20.1. The number of benzene rings is 2. The Morgan fingerprint density at radius 3 is 2.32 bits per heavy atom. The molecule has 0 aliphatic rings. The molecule has 28 heavy (non-hydrogen) atoms. The number of alkyl halides is 3. The summed E-state index contributed by atoms with van der Waals surface area (Å²) in [5.41, 5.74) is 1.27. The van der Waals surface area contributed by atoms with Crippen LogP contribution in [0, 0.1) is 6.92 Å². The van der Waals surface area contributed by atoms with E-state index in [1.807, 2.05) is 31.2 Å². The molecule has 0 aliphatic carbocycles. The van der Waals surface area contributed by atoms with Crippen LogP contribution in [0.4, 0.5) is 24.8 Å². The molecular weight excluding hydrogens is 369 g/mol. The first-order chi connectivity index (χ1) is 13.3. The predicted molar refractivity (Wildman–Crippen MR) is 99.1 cm³/mol. The van der Waals surface area contributed by atoms with Crippen molar-refractivity contribution in [2.45, 2.75) is 19.6 Å². The topological polar surface area (TPSA) is 66.9 Å². The standard InChI is InChI=1S/C20H17F3N4O/c1-13-6-2-3-7-14(13)10-24-18(28)15-11-25-19(26-12-15)27-17-9-5-4-8-16(17)20(21,22)23/h2-9,11-12H,10H2,1H3,(H,24,28)(H,25,26,27). The molecule has 0 unspecified atom stereocenters. The average molecular weight is 386 g/mol. The van der Waals surface area contributed by atoms with E-state index >= 15 is 0 Å². The van der Waals surface area contributed by atoms with E-state index in [1.165, 1.54) is 30.6 Å². The van der Waals surface area contributed by atoms with Crippen LogP contribution in [0.3, 0.4) is 0 Å². The summed E-state index contributed by atoms with van der Waals surface area (Å²) in [6, 6.07) is 12.7. The summed E-state index contributed by atoms with van der Waals surface area (Å²) < 4.78 is 39.1. The molecule has 0 bridgehead atoms. The van der Waals surface area contributed by atoms with Crippen molar-refractivity contribution in [2.75, 3.05) is 5.32 Å². The maximum Gasteiger partial charge on any atom is 0.418 e. The lowest BCUT2D eigenvalue weighted by molar-refractivity contribution is -0.136. The third-order valence-corrected chi connectivity index (χ3v) is 4.09. The number of hydrogen-bond acceptors (Lipinski definition) is 4. The highest BCUT2D eigenvalue weighted by Crippen LogP contribution is 2.35. The Hall–Kier alpha value is -3.42. The number of aryl methyl sites for hydroxylation is 1. The zero-order valence-electron chi connectivity index (χ0n) is 14.9. The van der Waals surface area contributed by atoms with Gasteiger partial charge in [-0.15, -0.1) is 0 Å². The predicted octanol–water partition coefficient (Wildman–Crippen LogP) is 4.48. The molecule has 8 heteroatoms. The Bertz CT molecular complexity index is 972. The molecule has 0 radical (unpaired) electrons. The molecule has 1 aromatic heterocycles. The van der Waals surface area contributed by atoms with Gasteiger partial charge in [-0.2, -0.15) is 13.2 Å². The lowest BCUT2D eigenvalue weighted by Crippen LogP contribution is -2.23. The highest BCUT2D eigenvalue weighted by atomic mass is 19.4. The number of aromatic nitrogens is 2. The van der Waals surface area contributed by atoms with Crippen molar-refractivity contribution in [3.8, 4) is 0 Å². The molecular formula is C20H17F3N4O. The lowest BCUT2D eigenvalue weighted by atomic mass is 10.1. The normalized spacial score (nSPS) is 11.1. The minimum Gasteiger partial charge on any atom is -0.348 e. The second-order valence-electron chi connectivity index (χ2n) is 6.07. The van der Waals surface area contributed by atoms with Crippen LogP contribution in [0.2, 0.25) is 0 Å². The number of rotatable bonds is 5. The van der Waals surface area contributed by atoms with Gasteiger partial charge in [0.1, 0.15) is 0 Å². The molecule has 0 aliphatic heterocycles. The van der Waals surface area contributed by atoms with E-state index < -0.39 is 11.7 Å². The van der Waals surface area contributed by atoms with Gasteiger partial charge >= 0.3 is 6.18 Å². The summed E-state index contributed by atoms with van der Waals surface area (Å²) >= 11 is 0. The van der Waals surface area contributed by atoms with Gasteiger partial charge in [-0.25, -0.2) is 9.97 Å². The second-order valence-corrected chi connectivity index (χ2v) is 6.07. The Labute approximate surface area is 159 Å². The maximum atomic E-state index is 13.0. The highest BCUT2D eigenvalue weighted by molar-refractivity contribution is 5.93. The summed E-state index contributed by atoms with van der Waals surface area (Å²) in [6.07, 6.45) is -1.98. The smallest absolute Gasteiger partial charge is 0.348 e. The van der Waals surface area contributed by atoms with E-state index in [1.54, 1.807) is 0 Å². The van der Waals surface area contributed by atoms with Gasteiger partial charge in [0.15, 0.2) is 0 Å². The van der Waals surface area contributed by atoms with Gasteiger partial charge in [-0.1, -0.05) is 36.4 Å². The number of hydrogen-bond donors (Lipinski definition) is 2. The SMILES string of the molecule is Cc1ccccc1CNC(=O)c1cnc(Nc2ccccc2C(F)(F)F)nc1. The van der Waals surface area contributed by atoms with Crippen molar-refractivity contribution >= 4 is 17.5 Å². The van der Waals surface area contributed by atoms with Crippen molar-refractivity contribution < 1.29 is 18.0 Å². The largest absolute Gasteiger partial charge is 0.418 e. The molecule has 3 rings (SSSR count). The molecule has 5 nitrogen and oxygen atoms in total. The van der Waals surface area contributed by atoms with E-state index in [0.717, 1.165) is 17.2 Å². The molecule has 3 aromatic rings. The molecule has 144 valence electrons. The Kier molecular flexibility index (Phi) is 5.58. The Morgan fingerprint density at radius 2 is 1.64 bits per heavy atom. The first-order valence-electron chi connectivity index (χ1n) is 8.42. The maximum absolute atomic E-state index is 13.0. The summed E-state index contributed by atoms with van der Waals surface area (Å²) in [7, 11) is 0. The quantitative estimate of drug-likeness (QED) is 0.679. The highest BCUT2D eigenvalue weighted by Gasteiger charge is 2.33. The number of carbonyl (C=O) groups excluding carboxylic acids is 1. The molecule has 1 amide bonds. The Balaban J connectivity index is 1.67. The van der Waals surface area contributed by atoms with Gasteiger partial charge in [-0.05, 0) is 30.2 Å². The third kappa shape index (κ3) is 4.64. The summed E-state index contributed by atoms with van der Waals surface area (Å²) in [5.74, 6) is -0.405. The van der Waals surface area contributed by atoms with Crippen molar-refractivity contribution in [3.63, 3.8) is 0 Å². The fourth-order valence-electron chi connectivity index (χ4n) is 2.56. The van der Waals surface area contributed by atoms with Crippen LogP contribution in [0.15, 0.2) is 60.9 Å². The zero-order chi connectivity index (χ0) is 20.1. The molecule has 2 aromatic carbocycles. The van der Waals surface area contributed by atoms with E-state index in [2.05, 4.69) is 20.6 Å². The zero-order valence-corrected chi connectivity index (χ0v) is 14.9. The van der Waals surface area contributed by atoms with Gasteiger partial charge in [0, 0.05) is 18.9 Å². The number of nitrogens with one attached hydrogen (secondary N) is 2. The fraction of sp³-hybridized carbons (Fsp3) is 0.150. The van der Waals surface area contributed by atoms with Crippen LogP contribution in [-0.4, -0.2) is 15.9 Å². The van der Waals surface area contributed by atoms with Crippen molar-refractivity contribution in [1.82, 2.24) is 15.3 Å². The van der Waals surface area contributed by atoms with E-state index in [0.29, 0.717) is 6.54 Å². The van der Waals surface area contributed by atoms with Crippen molar-refractivity contribution in [1.29, 1.82) is 0 Å². The van der Waals surface area contributed by atoms with Crippen LogP contribution in [0.1, 0.15) is 27.0 Å². The molecule has 0 saturated carbocycles. The fourth-order valence-corrected chi connectivity index (χ4v) is 2.56. The number of amides is 1. The van der Waals surface area contributed by atoms with Crippen LogP contribution in [0.25, 0.3) is 0 Å². The summed E-state index contributed by atoms with van der Waals surface area (Å²) in [5, 5.41) is 5.30. The molecule has 0 spiro atoms. The molecule has 0 fully saturated rings. The van der Waals surface area contributed by atoms with Gasteiger partial charge in [0.2, 0.25) is 5.95 Å². The van der Waals surface area contributed by atoms with Crippen molar-refractivity contribution in [3.05, 3.63) is 83.2 Å². The van der Waals surface area contributed by atoms with Crippen molar-refractivity contribution in [2.24, 2.45) is 0 Å². The minimum atomic E-state index is -4.50. The van der Waals surface area contributed by atoms with E-state index in [4.69, 9.17) is 0 Å². The minimum absolute atomic E-state index is 0.0350. The van der Waals surface area contributed by atoms with E-state index in [-0.39, 0.29) is 23.1 Å². The first kappa shape index (κ1) is 19.3. The molecule has 0 saturated heterocycles. The molecule has 0 atom stereocenters. The number of halogens is 3. The average Bonchev–Trinajstić information content (AvgIpc) is 2.67. The first-order valence-corrected chi connectivity index (χ1v) is 8.42. The molecule has 2 N–H and O–H groups in total. The number of para-hydroxylation sites is 1.